The van der Waals surface area contributed by atoms with Gasteiger partial charge < -0.3 is 4.74 Å². The molecule has 0 aliphatic carbocycles. The van der Waals surface area contributed by atoms with Crippen LogP contribution in [-0.2, 0) is 14.8 Å². The highest BCUT2D eigenvalue weighted by atomic mass is 79.9. The lowest BCUT2D eigenvalue weighted by atomic mass is 10.2. The molecule has 130 valence electrons. The van der Waals surface area contributed by atoms with Crippen LogP contribution >= 0.6 is 15.9 Å². The van der Waals surface area contributed by atoms with Gasteiger partial charge in [0.2, 0.25) is 0 Å². The summed E-state index contributed by atoms with van der Waals surface area (Å²) in [5.74, 6) is -0.309. The van der Waals surface area contributed by atoms with E-state index in [1.54, 1.807) is 42.5 Å². The number of rotatable bonds is 4. The van der Waals surface area contributed by atoms with Gasteiger partial charge in [-0.1, -0.05) is 35.0 Å². The van der Waals surface area contributed by atoms with Crippen LogP contribution in [0.15, 0.2) is 64.1 Å². The molecule has 0 bridgehead atoms. The van der Waals surface area contributed by atoms with Crippen molar-refractivity contribution in [1.82, 2.24) is 4.31 Å². The minimum Gasteiger partial charge on any atom is -0.421 e. The Morgan fingerprint density at radius 1 is 1.12 bits per heavy atom. The molecule has 0 saturated carbocycles. The van der Waals surface area contributed by atoms with Crippen molar-refractivity contribution in [3.8, 4) is 0 Å². The molecule has 1 aliphatic heterocycles. The van der Waals surface area contributed by atoms with Gasteiger partial charge in [0.15, 0.2) is 5.76 Å². The van der Waals surface area contributed by atoms with Crippen LogP contribution in [-0.4, -0.2) is 25.2 Å². The standard InChI is InChI=1S/C18H16BrNO4S/c1-2-11-20-12-16(15-5-3-4-6-17(15)25(20,22)23)24-18(21)13-7-9-14(19)10-8-13/h3-10,12H,2,11H2,1H3. The zero-order chi connectivity index (χ0) is 18.0. The van der Waals surface area contributed by atoms with E-state index in [1.165, 1.54) is 16.6 Å². The molecule has 0 N–H and O–H groups in total. The summed E-state index contributed by atoms with van der Waals surface area (Å²) >= 11 is 3.32. The number of fused-ring (bicyclic) bond motifs is 1. The molecule has 7 heteroatoms. The second-order valence-electron chi connectivity index (χ2n) is 5.50. The molecule has 0 atom stereocenters. The van der Waals surface area contributed by atoms with E-state index in [9.17, 15) is 13.2 Å². The summed E-state index contributed by atoms with van der Waals surface area (Å²) < 4.78 is 32.9. The van der Waals surface area contributed by atoms with Crippen LogP contribution in [0, 0.1) is 0 Å². The molecule has 1 aliphatic rings. The Labute approximate surface area is 155 Å². The van der Waals surface area contributed by atoms with Crippen LogP contribution in [0.1, 0.15) is 29.3 Å². The molecule has 5 nitrogen and oxygen atoms in total. The van der Waals surface area contributed by atoms with Crippen molar-refractivity contribution in [3.05, 3.63) is 70.3 Å². The number of sulfonamides is 1. The Morgan fingerprint density at radius 2 is 1.80 bits per heavy atom. The van der Waals surface area contributed by atoms with Crippen molar-refractivity contribution in [2.75, 3.05) is 6.54 Å². The number of hydrogen-bond acceptors (Lipinski definition) is 4. The number of hydrogen-bond donors (Lipinski definition) is 0. The molecule has 0 saturated heterocycles. The number of carbonyl (C=O) groups is 1. The fourth-order valence-corrected chi connectivity index (χ4v) is 4.39. The summed E-state index contributed by atoms with van der Waals surface area (Å²) in [6.07, 6.45) is 2.03. The summed E-state index contributed by atoms with van der Waals surface area (Å²) in [6, 6.07) is 13.3. The summed E-state index contributed by atoms with van der Waals surface area (Å²) in [5, 5.41) is 0. The second kappa shape index (κ2) is 7.01. The molecule has 2 aromatic rings. The Bertz CT molecular complexity index is 936. The maximum absolute atomic E-state index is 12.7. The third kappa shape index (κ3) is 3.48. The van der Waals surface area contributed by atoms with Gasteiger partial charge in [-0.25, -0.2) is 13.2 Å². The van der Waals surface area contributed by atoms with Gasteiger partial charge in [0.1, 0.15) is 0 Å². The van der Waals surface area contributed by atoms with Gasteiger partial charge >= 0.3 is 5.97 Å². The first kappa shape index (κ1) is 17.7. The number of carbonyl (C=O) groups excluding carboxylic acids is 1. The average molecular weight is 422 g/mol. The van der Waals surface area contributed by atoms with Gasteiger partial charge in [0.05, 0.1) is 16.7 Å². The monoisotopic (exact) mass is 421 g/mol. The van der Waals surface area contributed by atoms with Crippen molar-refractivity contribution in [2.24, 2.45) is 0 Å². The second-order valence-corrected chi connectivity index (χ2v) is 8.28. The van der Waals surface area contributed by atoms with Crippen LogP contribution in [0.5, 0.6) is 0 Å². The van der Waals surface area contributed by atoms with E-state index in [-0.39, 0.29) is 10.7 Å². The fourth-order valence-electron chi connectivity index (χ4n) is 2.52. The fraction of sp³-hybridized carbons (Fsp3) is 0.167. The molecule has 0 aromatic heterocycles. The van der Waals surface area contributed by atoms with E-state index < -0.39 is 16.0 Å². The SMILES string of the molecule is CCCN1C=C(OC(=O)c2ccc(Br)cc2)c2ccccc2S1(=O)=O. The van der Waals surface area contributed by atoms with Gasteiger partial charge in [-0.2, -0.15) is 0 Å². The van der Waals surface area contributed by atoms with Gasteiger partial charge in [0, 0.05) is 16.6 Å². The number of ether oxygens (including phenoxy) is 1. The average Bonchev–Trinajstić information content (AvgIpc) is 2.60. The van der Waals surface area contributed by atoms with E-state index in [1.807, 2.05) is 6.92 Å². The first-order valence-corrected chi connectivity index (χ1v) is 9.97. The molecule has 25 heavy (non-hydrogen) atoms. The van der Waals surface area contributed by atoms with E-state index in [2.05, 4.69) is 15.9 Å². The number of nitrogens with zero attached hydrogens (tertiary/aromatic N) is 1. The Hall–Kier alpha value is -2.12. The van der Waals surface area contributed by atoms with Gasteiger partial charge in [0.25, 0.3) is 10.0 Å². The van der Waals surface area contributed by atoms with Crippen LogP contribution in [0.2, 0.25) is 0 Å². The van der Waals surface area contributed by atoms with Crippen LogP contribution in [0.25, 0.3) is 5.76 Å². The molecule has 0 radical (unpaired) electrons. The largest absolute Gasteiger partial charge is 0.421 e. The number of esters is 1. The molecule has 0 amide bonds. The Morgan fingerprint density at radius 3 is 2.48 bits per heavy atom. The van der Waals surface area contributed by atoms with Crippen molar-refractivity contribution < 1.29 is 17.9 Å². The highest BCUT2D eigenvalue weighted by Crippen LogP contribution is 2.33. The lowest BCUT2D eigenvalue weighted by Crippen LogP contribution is -2.31. The van der Waals surface area contributed by atoms with Crippen molar-refractivity contribution in [1.29, 1.82) is 0 Å². The minimum atomic E-state index is -3.62. The van der Waals surface area contributed by atoms with Gasteiger partial charge in [-0.15, -0.1) is 0 Å². The summed E-state index contributed by atoms with van der Waals surface area (Å²) in [6.45, 7) is 2.20. The first-order chi connectivity index (χ1) is 11.9. The molecular formula is C18H16BrNO4S. The highest BCUT2D eigenvalue weighted by molar-refractivity contribution is 9.10. The molecule has 0 fully saturated rings. The molecule has 3 rings (SSSR count). The van der Waals surface area contributed by atoms with E-state index in [0.29, 0.717) is 24.1 Å². The topological polar surface area (TPSA) is 63.7 Å². The molecule has 2 aromatic carbocycles. The zero-order valence-electron chi connectivity index (χ0n) is 13.5. The predicted molar refractivity (Wildman–Crippen MR) is 98.2 cm³/mol. The van der Waals surface area contributed by atoms with E-state index in [4.69, 9.17) is 4.74 Å². The van der Waals surface area contributed by atoms with Crippen molar-refractivity contribution in [3.63, 3.8) is 0 Å². The lowest BCUT2D eigenvalue weighted by molar-refractivity contribution is 0.0689. The Kier molecular flexibility index (Phi) is 4.96. The van der Waals surface area contributed by atoms with Gasteiger partial charge in [-0.05, 0) is 42.8 Å². The van der Waals surface area contributed by atoms with Crippen molar-refractivity contribution >= 4 is 37.7 Å². The van der Waals surface area contributed by atoms with Crippen molar-refractivity contribution in [2.45, 2.75) is 18.2 Å². The first-order valence-electron chi connectivity index (χ1n) is 7.74. The molecule has 0 unspecified atom stereocenters. The predicted octanol–water partition coefficient (Wildman–Crippen LogP) is 4.02. The maximum atomic E-state index is 12.7. The van der Waals surface area contributed by atoms with Crippen LogP contribution < -0.4 is 0 Å². The minimum absolute atomic E-state index is 0.143. The summed E-state index contributed by atoms with van der Waals surface area (Å²) in [7, 11) is -3.62. The smallest absolute Gasteiger partial charge is 0.343 e. The Balaban J connectivity index is 1.99. The normalized spacial score (nSPS) is 15.3. The number of benzene rings is 2. The summed E-state index contributed by atoms with van der Waals surface area (Å²) in [4.78, 5) is 12.6. The third-order valence-corrected chi connectivity index (χ3v) is 6.07. The zero-order valence-corrected chi connectivity index (χ0v) is 15.9. The van der Waals surface area contributed by atoms with Gasteiger partial charge in [-0.3, -0.25) is 4.31 Å². The molecule has 0 spiro atoms. The highest BCUT2D eigenvalue weighted by Gasteiger charge is 2.32. The van der Waals surface area contributed by atoms with Crippen LogP contribution in [0.3, 0.4) is 0 Å². The van der Waals surface area contributed by atoms with E-state index in [0.717, 1.165) is 4.47 Å². The molecular weight excluding hydrogens is 406 g/mol. The maximum Gasteiger partial charge on any atom is 0.343 e. The quantitative estimate of drug-likeness (QED) is 0.699. The number of halogens is 1. The third-order valence-electron chi connectivity index (χ3n) is 3.73. The lowest BCUT2D eigenvalue weighted by Gasteiger charge is -2.27. The molecule has 1 heterocycles. The summed E-state index contributed by atoms with van der Waals surface area (Å²) in [5.41, 5.74) is 0.775. The van der Waals surface area contributed by atoms with E-state index >= 15 is 0 Å². The van der Waals surface area contributed by atoms with Crippen LogP contribution in [0.4, 0.5) is 0 Å².